The number of amides is 1. The van der Waals surface area contributed by atoms with Crippen molar-refractivity contribution in [2.75, 3.05) is 37.6 Å². The molecule has 20 heavy (non-hydrogen) atoms. The van der Waals surface area contributed by atoms with Crippen LogP contribution in [-0.4, -0.2) is 38.6 Å². The van der Waals surface area contributed by atoms with Crippen molar-refractivity contribution >= 4 is 24.0 Å². The Morgan fingerprint density at radius 2 is 2.15 bits per heavy atom. The van der Waals surface area contributed by atoms with Gasteiger partial charge in [0, 0.05) is 38.4 Å². The molecule has 1 saturated heterocycles. The minimum atomic E-state index is 0. The standard InChI is InChI=1S/C15H21N3O.ClH/c19-15(13-10-16-11-13)17-7-3-8-18-9-6-12-4-1-2-5-14(12)18;/h1-2,4-5,13,16H,3,6-11H2,(H,17,19);1H. The predicted molar refractivity (Wildman–Crippen MR) is 83.6 cm³/mol. The molecule has 110 valence electrons. The van der Waals surface area contributed by atoms with E-state index in [4.69, 9.17) is 0 Å². The maximum atomic E-state index is 11.7. The number of carbonyl (C=O) groups excluding carboxylic acids is 1. The number of halogens is 1. The Morgan fingerprint density at radius 3 is 2.90 bits per heavy atom. The number of nitrogens with one attached hydrogen (secondary N) is 2. The Morgan fingerprint density at radius 1 is 1.35 bits per heavy atom. The van der Waals surface area contributed by atoms with Crippen LogP contribution < -0.4 is 15.5 Å². The lowest BCUT2D eigenvalue weighted by Gasteiger charge is -2.26. The van der Waals surface area contributed by atoms with E-state index < -0.39 is 0 Å². The number of rotatable bonds is 5. The molecule has 5 heteroatoms. The van der Waals surface area contributed by atoms with Gasteiger partial charge in [0.1, 0.15) is 0 Å². The van der Waals surface area contributed by atoms with E-state index in [-0.39, 0.29) is 24.2 Å². The number of hydrogen-bond donors (Lipinski definition) is 2. The summed E-state index contributed by atoms with van der Waals surface area (Å²) in [4.78, 5) is 14.1. The van der Waals surface area contributed by atoms with Gasteiger partial charge in [-0.05, 0) is 24.5 Å². The summed E-state index contributed by atoms with van der Waals surface area (Å²) in [5.74, 6) is 0.410. The number of carbonyl (C=O) groups is 1. The van der Waals surface area contributed by atoms with Crippen molar-refractivity contribution in [2.24, 2.45) is 5.92 Å². The molecule has 2 aliphatic rings. The highest BCUT2D eigenvalue weighted by molar-refractivity contribution is 5.85. The largest absolute Gasteiger partial charge is 0.371 e. The summed E-state index contributed by atoms with van der Waals surface area (Å²) < 4.78 is 0. The van der Waals surface area contributed by atoms with Crippen LogP contribution in [0.4, 0.5) is 5.69 Å². The fourth-order valence-corrected chi connectivity index (χ4v) is 2.74. The van der Waals surface area contributed by atoms with E-state index in [1.54, 1.807) is 0 Å². The van der Waals surface area contributed by atoms with Gasteiger partial charge in [-0.2, -0.15) is 0 Å². The number of benzene rings is 1. The van der Waals surface area contributed by atoms with Crippen molar-refractivity contribution < 1.29 is 4.79 Å². The molecule has 0 unspecified atom stereocenters. The first kappa shape index (κ1) is 15.1. The maximum Gasteiger partial charge on any atom is 0.225 e. The van der Waals surface area contributed by atoms with Gasteiger partial charge in [0.05, 0.1) is 5.92 Å². The minimum absolute atomic E-state index is 0. The summed E-state index contributed by atoms with van der Waals surface area (Å²) in [5, 5.41) is 6.15. The number of hydrogen-bond acceptors (Lipinski definition) is 3. The predicted octanol–water partition coefficient (Wildman–Crippen LogP) is 1.20. The third-order valence-corrected chi connectivity index (χ3v) is 4.04. The second-order valence-corrected chi connectivity index (χ2v) is 5.37. The molecule has 0 atom stereocenters. The zero-order valence-electron chi connectivity index (χ0n) is 11.6. The van der Waals surface area contributed by atoms with Crippen LogP contribution in [0.5, 0.6) is 0 Å². The molecule has 0 aliphatic carbocycles. The molecule has 2 aliphatic heterocycles. The van der Waals surface area contributed by atoms with Crippen LogP contribution in [-0.2, 0) is 11.2 Å². The Bertz CT molecular complexity index is 462. The SMILES string of the molecule is Cl.O=C(NCCCN1CCc2ccccc21)C1CNC1. The highest BCUT2D eigenvalue weighted by atomic mass is 35.5. The van der Waals surface area contributed by atoms with Crippen LogP contribution >= 0.6 is 12.4 Å². The van der Waals surface area contributed by atoms with Gasteiger partial charge in [0.15, 0.2) is 0 Å². The van der Waals surface area contributed by atoms with E-state index in [1.807, 2.05) is 0 Å². The molecular weight excluding hydrogens is 274 g/mol. The lowest BCUT2D eigenvalue weighted by atomic mass is 10.0. The molecule has 0 spiro atoms. The van der Waals surface area contributed by atoms with Crippen molar-refractivity contribution in [3.05, 3.63) is 29.8 Å². The normalized spacial score (nSPS) is 17.1. The van der Waals surface area contributed by atoms with E-state index in [2.05, 4.69) is 39.8 Å². The van der Waals surface area contributed by atoms with Gasteiger partial charge in [0.25, 0.3) is 0 Å². The number of anilines is 1. The third-order valence-electron chi connectivity index (χ3n) is 4.04. The zero-order valence-corrected chi connectivity index (χ0v) is 12.4. The second kappa shape index (κ2) is 6.95. The molecule has 3 rings (SSSR count). The van der Waals surface area contributed by atoms with Crippen molar-refractivity contribution in [1.29, 1.82) is 0 Å². The van der Waals surface area contributed by atoms with Crippen LogP contribution in [0.25, 0.3) is 0 Å². The molecule has 2 N–H and O–H groups in total. The quantitative estimate of drug-likeness (QED) is 0.802. The number of para-hydroxylation sites is 1. The van der Waals surface area contributed by atoms with Crippen molar-refractivity contribution in [2.45, 2.75) is 12.8 Å². The maximum absolute atomic E-state index is 11.7. The first-order chi connectivity index (χ1) is 9.34. The summed E-state index contributed by atoms with van der Waals surface area (Å²) in [5.41, 5.74) is 2.82. The van der Waals surface area contributed by atoms with Crippen LogP contribution in [0.1, 0.15) is 12.0 Å². The average Bonchev–Trinajstić information content (AvgIpc) is 2.76. The Balaban J connectivity index is 0.00000147. The molecule has 1 aromatic carbocycles. The molecule has 4 nitrogen and oxygen atoms in total. The molecule has 0 aromatic heterocycles. The van der Waals surface area contributed by atoms with Gasteiger partial charge in [-0.3, -0.25) is 4.79 Å². The van der Waals surface area contributed by atoms with Crippen LogP contribution in [0.2, 0.25) is 0 Å². The van der Waals surface area contributed by atoms with Crippen LogP contribution in [0.3, 0.4) is 0 Å². The fourth-order valence-electron chi connectivity index (χ4n) is 2.74. The molecule has 0 radical (unpaired) electrons. The smallest absolute Gasteiger partial charge is 0.225 e. The first-order valence-electron chi connectivity index (χ1n) is 7.16. The van der Waals surface area contributed by atoms with Gasteiger partial charge >= 0.3 is 0 Å². The number of nitrogens with zero attached hydrogens (tertiary/aromatic N) is 1. The highest BCUT2D eigenvalue weighted by Crippen LogP contribution is 2.27. The molecule has 1 amide bonds. The highest BCUT2D eigenvalue weighted by Gasteiger charge is 2.24. The summed E-state index contributed by atoms with van der Waals surface area (Å²) in [6.07, 6.45) is 2.16. The van der Waals surface area contributed by atoms with Crippen molar-refractivity contribution in [3.63, 3.8) is 0 Å². The van der Waals surface area contributed by atoms with E-state index >= 15 is 0 Å². The van der Waals surface area contributed by atoms with E-state index in [0.29, 0.717) is 0 Å². The van der Waals surface area contributed by atoms with Crippen molar-refractivity contribution in [3.8, 4) is 0 Å². The van der Waals surface area contributed by atoms with Crippen LogP contribution in [0.15, 0.2) is 24.3 Å². The third kappa shape index (κ3) is 3.25. The lowest BCUT2D eigenvalue weighted by molar-refractivity contribution is -0.126. The van der Waals surface area contributed by atoms with Gasteiger partial charge in [-0.1, -0.05) is 18.2 Å². The Kier molecular flexibility index (Phi) is 5.26. The molecular formula is C15H22ClN3O. The first-order valence-corrected chi connectivity index (χ1v) is 7.16. The van der Waals surface area contributed by atoms with E-state index in [9.17, 15) is 4.79 Å². The second-order valence-electron chi connectivity index (χ2n) is 5.37. The lowest BCUT2D eigenvalue weighted by Crippen LogP contribution is -2.51. The Hall–Kier alpha value is -1.26. The monoisotopic (exact) mass is 295 g/mol. The van der Waals surface area contributed by atoms with Gasteiger partial charge in [0.2, 0.25) is 5.91 Å². The average molecular weight is 296 g/mol. The summed E-state index contributed by atoms with van der Waals surface area (Å²) in [6.45, 7) is 4.60. The topological polar surface area (TPSA) is 44.4 Å². The zero-order chi connectivity index (χ0) is 13.1. The van der Waals surface area contributed by atoms with E-state index in [1.165, 1.54) is 11.3 Å². The van der Waals surface area contributed by atoms with Gasteiger partial charge < -0.3 is 15.5 Å². The molecule has 2 heterocycles. The molecule has 0 bridgehead atoms. The molecule has 0 saturated carbocycles. The summed E-state index contributed by atoms with van der Waals surface area (Å²) >= 11 is 0. The van der Waals surface area contributed by atoms with Crippen molar-refractivity contribution in [1.82, 2.24) is 10.6 Å². The number of fused-ring (bicyclic) bond motifs is 1. The summed E-state index contributed by atoms with van der Waals surface area (Å²) in [7, 11) is 0. The minimum Gasteiger partial charge on any atom is -0.371 e. The fraction of sp³-hybridized carbons (Fsp3) is 0.533. The van der Waals surface area contributed by atoms with E-state index in [0.717, 1.165) is 45.6 Å². The van der Waals surface area contributed by atoms with Crippen LogP contribution in [0, 0.1) is 5.92 Å². The summed E-state index contributed by atoms with van der Waals surface area (Å²) in [6, 6.07) is 8.61. The molecule has 1 aromatic rings. The Labute approximate surface area is 126 Å². The molecule has 1 fully saturated rings. The van der Waals surface area contributed by atoms with Gasteiger partial charge in [-0.25, -0.2) is 0 Å². The van der Waals surface area contributed by atoms with Gasteiger partial charge in [-0.15, -0.1) is 12.4 Å².